The van der Waals surface area contributed by atoms with Gasteiger partial charge in [-0.05, 0) is 107 Å². The largest absolute Gasteiger partial charge is 0.454 e. The number of carbonyl (C=O) groups is 2. The van der Waals surface area contributed by atoms with Crippen LogP contribution in [0, 0.1) is 50.2 Å². The van der Waals surface area contributed by atoms with E-state index < -0.39 is 58.4 Å². The zero-order valence-corrected chi connectivity index (χ0v) is 31.3. The van der Waals surface area contributed by atoms with Crippen molar-refractivity contribution in [2.75, 3.05) is 0 Å². The van der Waals surface area contributed by atoms with Gasteiger partial charge < -0.3 is 29.5 Å². The number of fused-ring (bicyclic) bond motifs is 4. The van der Waals surface area contributed by atoms with Gasteiger partial charge in [-0.3, -0.25) is 0 Å². The van der Waals surface area contributed by atoms with Crippen molar-refractivity contribution >= 4 is 11.9 Å². The van der Waals surface area contributed by atoms with Gasteiger partial charge in [0.05, 0.1) is 23.2 Å². The summed E-state index contributed by atoms with van der Waals surface area (Å²) in [6.07, 6.45) is 4.76. The summed E-state index contributed by atoms with van der Waals surface area (Å²) in [6.45, 7) is 22.7. The van der Waals surface area contributed by atoms with Crippen molar-refractivity contribution in [3.05, 3.63) is 23.3 Å². The summed E-state index contributed by atoms with van der Waals surface area (Å²) in [5.41, 5.74) is -2.87. The molecular formula is C40H62O8. The van der Waals surface area contributed by atoms with Gasteiger partial charge in [-0.15, -0.1) is 0 Å². The number of hydrogen-bond acceptors (Lipinski definition) is 8. The molecule has 1 aliphatic heterocycles. The summed E-state index contributed by atoms with van der Waals surface area (Å²) in [7, 11) is 0. The maximum absolute atomic E-state index is 13.6. The molecule has 3 unspecified atom stereocenters. The molecule has 0 aromatic carbocycles. The monoisotopic (exact) mass is 670 g/mol. The fraction of sp³-hybridized carbons (Fsp3) is 0.850. The molecule has 1 heterocycles. The Labute approximate surface area is 288 Å². The molecule has 1 spiro atoms. The van der Waals surface area contributed by atoms with E-state index in [1.807, 2.05) is 13.8 Å². The molecule has 2 bridgehead atoms. The van der Waals surface area contributed by atoms with Crippen LogP contribution in [0.5, 0.6) is 0 Å². The van der Waals surface area contributed by atoms with Crippen molar-refractivity contribution in [2.45, 2.75) is 164 Å². The minimum absolute atomic E-state index is 0.0227. The summed E-state index contributed by atoms with van der Waals surface area (Å²) in [4.78, 5) is 27.0. The lowest BCUT2D eigenvalue weighted by molar-refractivity contribution is -0.312. The average Bonchev–Trinajstić information content (AvgIpc) is 3.21. The molecule has 6 fully saturated rings. The maximum Gasteiger partial charge on any atom is 0.333 e. The molecule has 1 saturated heterocycles. The molecule has 8 heteroatoms. The Morgan fingerprint density at radius 1 is 0.708 bits per heavy atom. The normalized spacial score (nSPS) is 50.7. The predicted molar refractivity (Wildman–Crippen MR) is 182 cm³/mol. The lowest BCUT2D eigenvalue weighted by atomic mass is 9.30. The number of ether oxygens (including phenoxy) is 3. The molecule has 0 radical (unpaired) electrons. The van der Waals surface area contributed by atoms with E-state index in [1.165, 1.54) is 0 Å². The van der Waals surface area contributed by atoms with Gasteiger partial charge in [0.15, 0.2) is 12.4 Å². The van der Waals surface area contributed by atoms with Crippen LogP contribution in [-0.2, 0) is 23.8 Å². The molecule has 270 valence electrons. The third kappa shape index (κ3) is 4.27. The van der Waals surface area contributed by atoms with Crippen molar-refractivity contribution in [1.82, 2.24) is 0 Å². The van der Waals surface area contributed by atoms with Gasteiger partial charge in [-0.2, -0.15) is 0 Å². The summed E-state index contributed by atoms with van der Waals surface area (Å²) in [6, 6.07) is 0. The molecule has 0 aromatic rings. The average molecular weight is 671 g/mol. The van der Waals surface area contributed by atoms with E-state index in [2.05, 4.69) is 34.6 Å². The number of carbonyl (C=O) groups excluding carboxylic acids is 2. The lowest BCUT2D eigenvalue weighted by Gasteiger charge is -2.75. The van der Waals surface area contributed by atoms with Crippen LogP contribution in [0.25, 0.3) is 0 Å². The molecule has 0 amide bonds. The zero-order valence-electron chi connectivity index (χ0n) is 31.3. The van der Waals surface area contributed by atoms with E-state index in [9.17, 15) is 24.9 Å². The number of esters is 2. The number of allylic oxidation sites excluding steroid dienone is 2. The Balaban J connectivity index is 1.49. The third-order valence-electron chi connectivity index (χ3n) is 16.4. The minimum atomic E-state index is -1.42. The van der Waals surface area contributed by atoms with E-state index >= 15 is 0 Å². The van der Waals surface area contributed by atoms with Gasteiger partial charge >= 0.3 is 11.9 Å². The Bertz CT molecular complexity index is 1410. The van der Waals surface area contributed by atoms with E-state index in [1.54, 1.807) is 39.8 Å². The summed E-state index contributed by atoms with van der Waals surface area (Å²) in [5, 5.41) is 36.1. The number of hydrogen-bond donors (Lipinski definition) is 3. The predicted octanol–water partition coefficient (Wildman–Crippen LogP) is 6.65. The van der Waals surface area contributed by atoms with Crippen molar-refractivity contribution < 1.29 is 39.1 Å². The molecule has 6 rings (SSSR count). The number of aliphatic hydroxyl groups excluding tert-OH is 3. The van der Waals surface area contributed by atoms with E-state index in [0.29, 0.717) is 35.8 Å². The zero-order chi connectivity index (χ0) is 35.6. The molecule has 0 aromatic heterocycles. The minimum Gasteiger partial charge on any atom is -0.454 e. The van der Waals surface area contributed by atoms with E-state index in [-0.39, 0.29) is 28.3 Å². The standard InChI is InChI=1S/C40H62O8/c1-12-22(3)31(43)46-29-30(47-32(44)23(4)13-2)40-26(20-34(29,5)6)39(48-33(40)45)19-15-25-36(9)17-16-27(41)35(7,8)24(36)14-18-37(25,10)38(39,11)21-28(40)42/h12-13,24-30,33,41-42,45H,14-21H2,1-11H3/t24?,25?,26?,27-,28+,29-,30-,33-,36-,37+,38-,39-,40+/m0/s1. The van der Waals surface area contributed by atoms with Crippen LogP contribution in [0.4, 0.5) is 0 Å². The highest BCUT2D eigenvalue weighted by atomic mass is 16.6. The highest BCUT2D eigenvalue weighted by molar-refractivity contribution is 5.88. The first-order valence-electron chi connectivity index (χ1n) is 18.6. The van der Waals surface area contributed by atoms with Gasteiger partial charge in [0, 0.05) is 27.9 Å². The molecule has 48 heavy (non-hydrogen) atoms. The van der Waals surface area contributed by atoms with Gasteiger partial charge in [-0.1, -0.05) is 60.6 Å². The highest BCUT2D eigenvalue weighted by Crippen LogP contribution is 2.81. The number of aliphatic hydroxyl groups is 3. The summed E-state index contributed by atoms with van der Waals surface area (Å²) < 4.78 is 19.7. The maximum atomic E-state index is 13.6. The Morgan fingerprint density at radius 2 is 1.27 bits per heavy atom. The van der Waals surface area contributed by atoms with E-state index in [4.69, 9.17) is 14.2 Å². The summed E-state index contributed by atoms with van der Waals surface area (Å²) in [5.74, 6) is -0.679. The first-order valence-corrected chi connectivity index (χ1v) is 18.6. The Morgan fingerprint density at radius 3 is 1.85 bits per heavy atom. The van der Waals surface area contributed by atoms with Crippen molar-refractivity contribution in [2.24, 2.45) is 50.2 Å². The van der Waals surface area contributed by atoms with Crippen LogP contribution < -0.4 is 0 Å². The smallest absolute Gasteiger partial charge is 0.333 e. The van der Waals surface area contributed by atoms with Crippen LogP contribution in [0.1, 0.15) is 128 Å². The van der Waals surface area contributed by atoms with Crippen molar-refractivity contribution in [3.8, 4) is 0 Å². The molecular weight excluding hydrogens is 608 g/mol. The van der Waals surface area contributed by atoms with Gasteiger partial charge in [0.2, 0.25) is 0 Å². The first kappa shape index (κ1) is 36.1. The second-order valence-electron chi connectivity index (χ2n) is 18.7. The van der Waals surface area contributed by atoms with Crippen LogP contribution in [-0.4, -0.2) is 63.6 Å². The highest BCUT2D eigenvalue weighted by Gasteiger charge is 2.85. The molecule has 6 aliphatic rings. The SMILES string of the molecule is CC=C(C)C(=O)O[C@H]1[C@H](OC(=O)C(C)=CC)[C@@]23C(CC1(C)C)[C@]1(CCC4[C@@]5(C)CC[C@H](O)C(C)(C)C5CC[C@@]4(C)[C@]1(C)C[C@H]2O)O[C@@H]3O. The molecule has 13 atom stereocenters. The topological polar surface area (TPSA) is 123 Å². The van der Waals surface area contributed by atoms with Gasteiger partial charge in [-0.25, -0.2) is 9.59 Å². The quantitative estimate of drug-likeness (QED) is 0.225. The first-order chi connectivity index (χ1) is 22.2. The molecule has 3 N–H and O–H groups in total. The molecule has 5 saturated carbocycles. The Hall–Kier alpha value is -1.74. The van der Waals surface area contributed by atoms with Crippen LogP contribution in [0.15, 0.2) is 23.3 Å². The van der Waals surface area contributed by atoms with Crippen LogP contribution in [0.3, 0.4) is 0 Å². The Kier molecular flexibility index (Phi) is 8.36. The van der Waals surface area contributed by atoms with Gasteiger partial charge in [0.25, 0.3) is 0 Å². The van der Waals surface area contributed by atoms with Gasteiger partial charge in [0.1, 0.15) is 6.10 Å². The second kappa shape index (κ2) is 11.1. The number of rotatable bonds is 4. The van der Waals surface area contributed by atoms with Crippen molar-refractivity contribution in [3.63, 3.8) is 0 Å². The fourth-order valence-electron chi connectivity index (χ4n) is 13.3. The van der Waals surface area contributed by atoms with Crippen LogP contribution in [0.2, 0.25) is 0 Å². The summed E-state index contributed by atoms with van der Waals surface area (Å²) >= 11 is 0. The lowest BCUT2D eigenvalue weighted by Crippen LogP contribution is -2.77. The molecule has 5 aliphatic carbocycles. The van der Waals surface area contributed by atoms with E-state index in [0.717, 1.165) is 38.5 Å². The molecule has 8 nitrogen and oxygen atoms in total. The van der Waals surface area contributed by atoms with Crippen LogP contribution >= 0.6 is 0 Å². The van der Waals surface area contributed by atoms with Crippen molar-refractivity contribution in [1.29, 1.82) is 0 Å². The fourth-order valence-corrected chi connectivity index (χ4v) is 13.3. The third-order valence-corrected chi connectivity index (χ3v) is 16.4. The second-order valence-corrected chi connectivity index (χ2v) is 18.7.